The first-order valence-corrected chi connectivity index (χ1v) is 6.43. The van der Waals surface area contributed by atoms with E-state index in [0.717, 1.165) is 37.5 Å². The van der Waals surface area contributed by atoms with Gasteiger partial charge in [0.05, 0.1) is 12.6 Å². The first-order chi connectivity index (χ1) is 8.84. The second-order valence-electron chi connectivity index (χ2n) is 4.31. The Morgan fingerprint density at radius 1 is 1.50 bits per heavy atom. The molecule has 0 saturated carbocycles. The molecule has 0 aromatic carbocycles. The molecule has 1 aliphatic heterocycles. The number of pyridine rings is 1. The van der Waals surface area contributed by atoms with E-state index in [-0.39, 0.29) is 6.10 Å². The van der Waals surface area contributed by atoms with E-state index in [1.54, 1.807) is 6.20 Å². The molecule has 18 heavy (non-hydrogen) atoms. The molecule has 6 heteroatoms. The number of nitrogens with one attached hydrogen (secondary N) is 1. The van der Waals surface area contributed by atoms with Crippen LogP contribution in [-0.2, 0) is 11.3 Å². The third-order valence-electron chi connectivity index (χ3n) is 3.06. The number of aromatic nitrogens is 4. The Hall–Kier alpha value is -1.53. The molecule has 0 spiro atoms. The number of rotatable bonds is 3. The van der Waals surface area contributed by atoms with E-state index in [1.807, 2.05) is 22.8 Å². The summed E-state index contributed by atoms with van der Waals surface area (Å²) < 4.78 is 8.23. The molecule has 94 valence electrons. The zero-order valence-corrected chi connectivity index (χ0v) is 10.7. The SMILES string of the molecule is S=c1[nH]nc(-c2ccccn2)n1C[C@@H]1CCCO1. The van der Waals surface area contributed by atoms with Gasteiger partial charge in [-0.3, -0.25) is 14.6 Å². The Morgan fingerprint density at radius 3 is 3.17 bits per heavy atom. The summed E-state index contributed by atoms with van der Waals surface area (Å²) in [7, 11) is 0. The molecule has 0 bridgehead atoms. The zero-order valence-electron chi connectivity index (χ0n) is 9.87. The zero-order chi connectivity index (χ0) is 12.4. The van der Waals surface area contributed by atoms with Gasteiger partial charge < -0.3 is 4.74 Å². The monoisotopic (exact) mass is 262 g/mol. The van der Waals surface area contributed by atoms with Crippen LogP contribution in [-0.4, -0.2) is 32.5 Å². The van der Waals surface area contributed by atoms with Gasteiger partial charge in [0.1, 0.15) is 5.69 Å². The summed E-state index contributed by atoms with van der Waals surface area (Å²) in [6.45, 7) is 1.58. The van der Waals surface area contributed by atoms with Gasteiger partial charge in [-0.2, -0.15) is 5.10 Å². The van der Waals surface area contributed by atoms with Gasteiger partial charge in [0, 0.05) is 12.8 Å². The Balaban J connectivity index is 1.93. The molecular formula is C12H14N4OS. The number of hydrogen-bond donors (Lipinski definition) is 1. The minimum Gasteiger partial charge on any atom is -0.376 e. The molecule has 2 aromatic rings. The molecule has 1 aliphatic rings. The van der Waals surface area contributed by atoms with Gasteiger partial charge in [-0.1, -0.05) is 6.07 Å². The lowest BCUT2D eigenvalue weighted by atomic mass is 10.2. The van der Waals surface area contributed by atoms with Crippen molar-refractivity contribution in [2.45, 2.75) is 25.5 Å². The molecule has 3 rings (SSSR count). The van der Waals surface area contributed by atoms with E-state index in [9.17, 15) is 0 Å². The van der Waals surface area contributed by atoms with Crippen LogP contribution in [0.25, 0.3) is 11.5 Å². The Labute approximate surface area is 110 Å². The number of ether oxygens (including phenoxy) is 1. The van der Waals surface area contributed by atoms with Crippen LogP contribution in [0.15, 0.2) is 24.4 Å². The Bertz CT molecular complexity index is 571. The van der Waals surface area contributed by atoms with Crippen LogP contribution in [0.1, 0.15) is 12.8 Å². The predicted octanol–water partition coefficient (Wildman–Crippen LogP) is 2.18. The van der Waals surface area contributed by atoms with Crippen molar-refractivity contribution < 1.29 is 4.74 Å². The standard InChI is InChI=1S/C12H14N4OS/c18-12-15-14-11(10-5-1-2-6-13-10)16(12)8-9-4-3-7-17-9/h1-2,5-6,9H,3-4,7-8H2,(H,15,18)/t9-/m0/s1. The van der Waals surface area contributed by atoms with Crippen LogP contribution in [0, 0.1) is 4.77 Å². The highest BCUT2D eigenvalue weighted by Gasteiger charge is 2.19. The maximum absolute atomic E-state index is 5.64. The molecule has 3 heterocycles. The van der Waals surface area contributed by atoms with E-state index in [2.05, 4.69) is 15.2 Å². The summed E-state index contributed by atoms with van der Waals surface area (Å²) in [5, 5.41) is 7.09. The molecule has 0 aliphatic carbocycles. The van der Waals surface area contributed by atoms with E-state index in [0.29, 0.717) is 4.77 Å². The topological polar surface area (TPSA) is 55.7 Å². The van der Waals surface area contributed by atoms with Crippen LogP contribution in [0.4, 0.5) is 0 Å². The maximum Gasteiger partial charge on any atom is 0.195 e. The fourth-order valence-corrected chi connectivity index (χ4v) is 2.38. The van der Waals surface area contributed by atoms with Gasteiger partial charge in [0.15, 0.2) is 10.6 Å². The third-order valence-corrected chi connectivity index (χ3v) is 3.37. The van der Waals surface area contributed by atoms with Gasteiger partial charge >= 0.3 is 0 Å². The van der Waals surface area contributed by atoms with Crippen molar-refractivity contribution in [3.05, 3.63) is 29.2 Å². The lowest BCUT2D eigenvalue weighted by Gasteiger charge is -2.11. The van der Waals surface area contributed by atoms with Crippen molar-refractivity contribution in [3.63, 3.8) is 0 Å². The lowest BCUT2D eigenvalue weighted by Crippen LogP contribution is -2.16. The summed E-state index contributed by atoms with van der Waals surface area (Å²) >= 11 is 5.27. The Kier molecular flexibility index (Phi) is 3.21. The summed E-state index contributed by atoms with van der Waals surface area (Å²) in [5.74, 6) is 0.774. The van der Waals surface area contributed by atoms with Crippen molar-refractivity contribution in [2.75, 3.05) is 6.61 Å². The fourth-order valence-electron chi connectivity index (χ4n) is 2.17. The highest BCUT2D eigenvalue weighted by molar-refractivity contribution is 7.71. The largest absolute Gasteiger partial charge is 0.376 e. The molecule has 1 saturated heterocycles. The van der Waals surface area contributed by atoms with E-state index < -0.39 is 0 Å². The molecule has 2 aromatic heterocycles. The number of hydrogen-bond acceptors (Lipinski definition) is 4. The lowest BCUT2D eigenvalue weighted by molar-refractivity contribution is 0.0969. The third kappa shape index (κ3) is 2.21. The number of H-pyrrole nitrogens is 1. The molecule has 0 radical (unpaired) electrons. The van der Waals surface area contributed by atoms with Crippen LogP contribution < -0.4 is 0 Å². The first-order valence-electron chi connectivity index (χ1n) is 6.03. The molecular weight excluding hydrogens is 248 g/mol. The van der Waals surface area contributed by atoms with Crippen molar-refractivity contribution in [3.8, 4) is 11.5 Å². The van der Waals surface area contributed by atoms with Gasteiger partial charge in [0.25, 0.3) is 0 Å². The highest BCUT2D eigenvalue weighted by atomic mass is 32.1. The first kappa shape index (κ1) is 11.6. The van der Waals surface area contributed by atoms with E-state index >= 15 is 0 Å². The molecule has 1 fully saturated rings. The van der Waals surface area contributed by atoms with Crippen LogP contribution in [0.5, 0.6) is 0 Å². The molecule has 0 amide bonds. The fraction of sp³-hybridized carbons (Fsp3) is 0.417. The normalized spacial score (nSPS) is 19.2. The van der Waals surface area contributed by atoms with Crippen LogP contribution in [0.3, 0.4) is 0 Å². The van der Waals surface area contributed by atoms with Crippen molar-refractivity contribution in [1.82, 2.24) is 19.7 Å². The van der Waals surface area contributed by atoms with Gasteiger partial charge in [-0.25, -0.2) is 0 Å². The predicted molar refractivity (Wildman–Crippen MR) is 69.6 cm³/mol. The summed E-state index contributed by atoms with van der Waals surface area (Å²) in [4.78, 5) is 4.31. The average Bonchev–Trinajstić information content (AvgIpc) is 3.03. The minimum atomic E-state index is 0.233. The highest BCUT2D eigenvalue weighted by Crippen LogP contribution is 2.19. The molecule has 5 nitrogen and oxygen atoms in total. The summed E-state index contributed by atoms with van der Waals surface area (Å²) in [6, 6.07) is 5.75. The van der Waals surface area contributed by atoms with Gasteiger partial charge in [0.2, 0.25) is 0 Å². The molecule has 0 unspecified atom stereocenters. The van der Waals surface area contributed by atoms with Gasteiger partial charge in [-0.15, -0.1) is 0 Å². The second-order valence-corrected chi connectivity index (χ2v) is 4.70. The average molecular weight is 262 g/mol. The summed E-state index contributed by atoms with van der Waals surface area (Å²) in [5.41, 5.74) is 0.822. The summed E-state index contributed by atoms with van der Waals surface area (Å²) in [6.07, 6.45) is 4.18. The molecule has 1 atom stereocenters. The Morgan fingerprint density at radius 2 is 2.44 bits per heavy atom. The second kappa shape index (κ2) is 4.99. The van der Waals surface area contributed by atoms with Crippen LogP contribution in [0.2, 0.25) is 0 Å². The smallest absolute Gasteiger partial charge is 0.195 e. The van der Waals surface area contributed by atoms with Crippen molar-refractivity contribution in [2.24, 2.45) is 0 Å². The van der Waals surface area contributed by atoms with Gasteiger partial charge in [-0.05, 0) is 37.2 Å². The quantitative estimate of drug-likeness (QED) is 0.861. The van der Waals surface area contributed by atoms with E-state index in [1.165, 1.54) is 0 Å². The number of aromatic amines is 1. The van der Waals surface area contributed by atoms with Crippen molar-refractivity contribution >= 4 is 12.2 Å². The van der Waals surface area contributed by atoms with E-state index in [4.69, 9.17) is 17.0 Å². The molecule has 1 N–H and O–H groups in total. The van der Waals surface area contributed by atoms with Crippen molar-refractivity contribution in [1.29, 1.82) is 0 Å². The van der Waals surface area contributed by atoms with Crippen LogP contribution >= 0.6 is 12.2 Å². The minimum absolute atomic E-state index is 0.233. The number of nitrogens with zero attached hydrogens (tertiary/aromatic N) is 3. The maximum atomic E-state index is 5.64.